The van der Waals surface area contributed by atoms with Crippen molar-refractivity contribution in [2.45, 2.75) is 33.3 Å². The number of amides is 1. The number of aryl methyl sites for hydroxylation is 1. The lowest BCUT2D eigenvalue weighted by Gasteiger charge is -2.23. The van der Waals surface area contributed by atoms with Crippen LogP contribution in [-0.2, 0) is 9.59 Å². The molecule has 1 aliphatic heterocycles. The van der Waals surface area contributed by atoms with Crippen LogP contribution in [0.15, 0.2) is 24.3 Å². The van der Waals surface area contributed by atoms with Crippen LogP contribution in [0.1, 0.15) is 25.8 Å². The van der Waals surface area contributed by atoms with Crippen molar-refractivity contribution in [2.24, 2.45) is 5.41 Å². The van der Waals surface area contributed by atoms with E-state index in [0.29, 0.717) is 18.7 Å². The molecule has 114 valence electrons. The van der Waals surface area contributed by atoms with Gasteiger partial charge in [-0.2, -0.15) is 0 Å². The van der Waals surface area contributed by atoms with E-state index in [1.165, 1.54) is 0 Å². The second-order valence-corrected chi connectivity index (χ2v) is 5.95. The maximum atomic E-state index is 12.3. The van der Waals surface area contributed by atoms with Gasteiger partial charge in [0.2, 0.25) is 0 Å². The number of carbonyl (C=O) groups excluding carboxylic acids is 1. The fraction of sp³-hybridized carbons (Fsp3) is 0.500. The van der Waals surface area contributed by atoms with Crippen molar-refractivity contribution in [3.8, 4) is 5.75 Å². The highest BCUT2D eigenvalue weighted by Gasteiger charge is 2.43. The van der Waals surface area contributed by atoms with Crippen molar-refractivity contribution in [1.29, 1.82) is 0 Å². The predicted octanol–water partition coefficient (Wildman–Crippen LogP) is 2.09. The molecule has 0 spiro atoms. The van der Waals surface area contributed by atoms with Gasteiger partial charge in [0.05, 0.1) is 5.41 Å². The number of carboxylic acids is 1. The Morgan fingerprint density at radius 3 is 2.48 bits per heavy atom. The first-order valence-corrected chi connectivity index (χ1v) is 7.07. The minimum Gasteiger partial charge on any atom is -0.481 e. The molecule has 21 heavy (non-hydrogen) atoms. The summed E-state index contributed by atoms with van der Waals surface area (Å²) in [4.78, 5) is 25.1. The Morgan fingerprint density at radius 2 is 1.95 bits per heavy atom. The lowest BCUT2D eigenvalue weighted by molar-refractivity contribution is -0.147. The van der Waals surface area contributed by atoms with E-state index in [4.69, 9.17) is 4.74 Å². The molecule has 1 aliphatic rings. The van der Waals surface area contributed by atoms with E-state index in [1.807, 2.05) is 31.2 Å². The van der Waals surface area contributed by atoms with Crippen molar-refractivity contribution >= 4 is 11.9 Å². The van der Waals surface area contributed by atoms with Crippen LogP contribution >= 0.6 is 0 Å². The van der Waals surface area contributed by atoms with E-state index in [-0.39, 0.29) is 12.5 Å². The number of ether oxygens (including phenoxy) is 1. The van der Waals surface area contributed by atoms with E-state index < -0.39 is 17.5 Å². The number of hydrogen-bond acceptors (Lipinski definition) is 3. The van der Waals surface area contributed by atoms with E-state index in [9.17, 15) is 14.7 Å². The monoisotopic (exact) mass is 291 g/mol. The van der Waals surface area contributed by atoms with E-state index in [1.54, 1.807) is 18.7 Å². The van der Waals surface area contributed by atoms with Crippen LogP contribution in [0, 0.1) is 12.3 Å². The molecule has 1 fully saturated rings. The van der Waals surface area contributed by atoms with Gasteiger partial charge in [-0.15, -0.1) is 0 Å². The first-order chi connectivity index (χ1) is 9.82. The normalized spacial score (nSPS) is 22.9. The summed E-state index contributed by atoms with van der Waals surface area (Å²) in [6.45, 7) is 6.05. The van der Waals surface area contributed by atoms with Gasteiger partial charge < -0.3 is 14.7 Å². The van der Waals surface area contributed by atoms with Gasteiger partial charge in [0, 0.05) is 13.1 Å². The Labute approximate surface area is 124 Å². The summed E-state index contributed by atoms with van der Waals surface area (Å²) in [7, 11) is 0. The lowest BCUT2D eigenvalue weighted by Crippen LogP contribution is -2.41. The molecular formula is C16H21NO4. The summed E-state index contributed by atoms with van der Waals surface area (Å²) < 4.78 is 5.63. The first-order valence-electron chi connectivity index (χ1n) is 7.07. The molecule has 0 saturated carbocycles. The number of rotatable bonds is 4. The molecule has 5 nitrogen and oxygen atoms in total. The van der Waals surface area contributed by atoms with E-state index in [0.717, 1.165) is 5.56 Å². The second kappa shape index (κ2) is 5.76. The summed E-state index contributed by atoms with van der Waals surface area (Å²) >= 11 is 0. The van der Waals surface area contributed by atoms with Crippen LogP contribution in [0.3, 0.4) is 0 Å². The fourth-order valence-electron chi connectivity index (χ4n) is 2.45. The number of hydrogen-bond donors (Lipinski definition) is 1. The maximum Gasteiger partial charge on any atom is 0.311 e. The Morgan fingerprint density at radius 1 is 1.33 bits per heavy atom. The molecule has 0 radical (unpaired) electrons. The van der Waals surface area contributed by atoms with Crippen molar-refractivity contribution < 1.29 is 19.4 Å². The minimum atomic E-state index is -0.857. The zero-order valence-electron chi connectivity index (χ0n) is 12.6. The largest absolute Gasteiger partial charge is 0.481 e. The second-order valence-electron chi connectivity index (χ2n) is 5.95. The highest BCUT2D eigenvalue weighted by atomic mass is 16.5. The average molecular weight is 291 g/mol. The van der Waals surface area contributed by atoms with Crippen molar-refractivity contribution in [1.82, 2.24) is 4.90 Å². The van der Waals surface area contributed by atoms with Gasteiger partial charge in [0.25, 0.3) is 5.91 Å². The third-order valence-corrected chi connectivity index (χ3v) is 3.98. The molecular weight excluding hydrogens is 270 g/mol. The molecule has 2 atom stereocenters. The zero-order chi connectivity index (χ0) is 15.6. The van der Waals surface area contributed by atoms with Gasteiger partial charge in [-0.1, -0.05) is 17.7 Å². The van der Waals surface area contributed by atoms with Crippen molar-refractivity contribution in [3.05, 3.63) is 29.8 Å². The average Bonchev–Trinajstić information content (AvgIpc) is 2.84. The maximum absolute atomic E-state index is 12.3. The highest BCUT2D eigenvalue weighted by molar-refractivity contribution is 5.83. The third-order valence-electron chi connectivity index (χ3n) is 3.98. The van der Waals surface area contributed by atoms with Gasteiger partial charge >= 0.3 is 5.97 Å². The SMILES string of the molecule is Cc1ccc(OC(C)C(=O)N2CCC(C)(C(=O)O)C2)cc1. The predicted molar refractivity (Wildman–Crippen MR) is 78.2 cm³/mol. The quantitative estimate of drug-likeness (QED) is 0.922. The summed E-state index contributed by atoms with van der Waals surface area (Å²) in [5, 5.41) is 9.20. The molecule has 1 aromatic rings. The number of likely N-dealkylation sites (tertiary alicyclic amines) is 1. The minimum absolute atomic E-state index is 0.166. The van der Waals surface area contributed by atoms with Crippen LogP contribution in [-0.4, -0.2) is 41.1 Å². The zero-order valence-corrected chi connectivity index (χ0v) is 12.6. The van der Waals surface area contributed by atoms with Gasteiger partial charge in [0.1, 0.15) is 5.75 Å². The highest BCUT2D eigenvalue weighted by Crippen LogP contribution is 2.30. The molecule has 1 heterocycles. The molecule has 1 saturated heterocycles. The van der Waals surface area contributed by atoms with Gasteiger partial charge in [-0.3, -0.25) is 9.59 Å². The van der Waals surface area contributed by atoms with Gasteiger partial charge in [0.15, 0.2) is 6.10 Å². The molecule has 1 N–H and O–H groups in total. The van der Waals surface area contributed by atoms with E-state index >= 15 is 0 Å². The van der Waals surface area contributed by atoms with Crippen LogP contribution in [0.25, 0.3) is 0 Å². The number of nitrogens with zero attached hydrogens (tertiary/aromatic N) is 1. The topological polar surface area (TPSA) is 66.8 Å². The van der Waals surface area contributed by atoms with Crippen LogP contribution in [0.5, 0.6) is 5.75 Å². The number of aliphatic carboxylic acids is 1. The molecule has 1 aromatic carbocycles. The lowest BCUT2D eigenvalue weighted by atomic mass is 9.90. The Hall–Kier alpha value is -2.04. The fourth-order valence-corrected chi connectivity index (χ4v) is 2.45. The Bertz CT molecular complexity index is 540. The molecule has 2 rings (SSSR count). The molecule has 0 bridgehead atoms. The molecule has 2 unspecified atom stereocenters. The summed E-state index contributed by atoms with van der Waals surface area (Å²) in [5.74, 6) is -0.382. The number of benzene rings is 1. The summed E-state index contributed by atoms with van der Waals surface area (Å²) in [5.41, 5.74) is 0.275. The van der Waals surface area contributed by atoms with Crippen molar-refractivity contribution in [3.63, 3.8) is 0 Å². The van der Waals surface area contributed by atoms with Gasteiger partial charge in [-0.25, -0.2) is 0 Å². The standard InChI is InChI=1S/C16H21NO4/c1-11-4-6-13(7-5-11)21-12(2)14(18)17-9-8-16(3,10-17)15(19)20/h4-7,12H,8-10H2,1-3H3,(H,19,20). The number of carbonyl (C=O) groups is 2. The van der Waals surface area contributed by atoms with E-state index in [2.05, 4.69) is 0 Å². The summed E-state index contributed by atoms with van der Waals surface area (Å²) in [6.07, 6.45) is -0.144. The van der Waals surface area contributed by atoms with Crippen LogP contribution < -0.4 is 4.74 Å². The smallest absolute Gasteiger partial charge is 0.311 e. The van der Waals surface area contributed by atoms with Crippen LogP contribution in [0.4, 0.5) is 0 Å². The summed E-state index contributed by atoms with van der Waals surface area (Å²) in [6, 6.07) is 7.49. The van der Waals surface area contributed by atoms with Crippen molar-refractivity contribution in [2.75, 3.05) is 13.1 Å². The Kier molecular flexibility index (Phi) is 4.21. The number of carboxylic acid groups (broad SMARTS) is 1. The molecule has 1 amide bonds. The third kappa shape index (κ3) is 3.35. The molecule has 0 aromatic heterocycles. The Balaban J connectivity index is 1.97. The van der Waals surface area contributed by atoms with Gasteiger partial charge in [-0.05, 0) is 39.3 Å². The first kappa shape index (κ1) is 15.4. The molecule has 0 aliphatic carbocycles. The molecule has 5 heteroatoms. The van der Waals surface area contributed by atoms with Crippen LogP contribution in [0.2, 0.25) is 0 Å².